The molecule has 47 heavy (non-hydrogen) atoms. The van der Waals surface area contributed by atoms with Crippen molar-refractivity contribution in [2.24, 2.45) is 11.3 Å². The molecule has 4 heterocycles. The molecular weight excluding hydrogens is 610 g/mol. The van der Waals surface area contributed by atoms with Crippen LogP contribution in [0.1, 0.15) is 83.3 Å². The van der Waals surface area contributed by atoms with Crippen molar-refractivity contribution in [3.05, 3.63) is 35.4 Å². The van der Waals surface area contributed by atoms with Crippen molar-refractivity contribution in [1.29, 1.82) is 0 Å². The number of carboxylic acids is 1. The van der Waals surface area contributed by atoms with Gasteiger partial charge in [0.2, 0.25) is 12.7 Å². The molecule has 3 amide bonds. The van der Waals surface area contributed by atoms with E-state index < -0.39 is 59.0 Å². The summed E-state index contributed by atoms with van der Waals surface area (Å²) in [5.74, 6) is -0.950. The minimum atomic E-state index is -1.22. The fourth-order valence-corrected chi connectivity index (χ4v) is 7.12. The molecule has 0 bridgehead atoms. The Hall–Kier alpha value is -4.29. The van der Waals surface area contributed by atoms with Crippen molar-refractivity contribution in [2.45, 2.75) is 109 Å². The van der Waals surface area contributed by atoms with E-state index in [0.717, 1.165) is 30.4 Å². The Kier molecular flexibility index (Phi) is 8.84. The Morgan fingerprint density at radius 3 is 2.66 bits per heavy atom. The van der Waals surface area contributed by atoms with Gasteiger partial charge in [-0.25, -0.2) is 9.59 Å². The molecule has 5 aliphatic rings. The molecule has 1 aliphatic carbocycles. The van der Waals surface area contributed by atoms with Crippen molar-refractivity contribution < 1.29 is 48.0 Å². The number of amides is 3. The second-order valence-electron chi connectivity index (χ2n) is 14.2. The predicted octanol–water partition coefficient (Wildman–Crippen LogP) is 4.30. The summed E-state index contributed by atoms with van der Waals surface area (Å²) in [6, 6.07) is 1.70. The van der Waals surface area contributed by atoms with Crippen LogP contribution in [0, 0.1) is 11.3 Å². The highest BCUT2D eigenvalue weighted by Crippen LogP contribution is 2.57. The third kappa shape index (κ3) is 6.89. The number of fused-ring (bicyclic) bond motifs is 5. The van der Waals surface area contributed by atoms with Crippen molar-refractivity contribution >= 4 is 29.8 Å². The second-order valence-corrected chi connectivity index (χ2v) is 14.2. The van der Waals surface area contributed by atoms with Gasteiger partial charge in [0.25, 0.3) is 0 Å². The lowest BCUT2D eigenvalue weighted by molar-refractivity contribution is -0.147. The fourth-order valence-electron chi connectivity index (χ4n) is 7.12. The number of alkyl carbamates (subject to hydrolysis) is 1. The molecule has 1 aromatic rings. The van der Waals surface area contributed by atoms with E-state index >= 15 is 0 Å². The molecule has 2 fully saturated rings. The molecule has 13 heteroatoms. The number of allylic oxidation sites excluding steroid dienone is 2. The Morgan fingerprint density at radius 1 is 1.09 bits per heavy atom. The number of carboxylic acid groups (broad SMARTS) is 1. The van der Waals surface area contributed by atoms with E-state index in [1.165, 1.54) is 9.80 Å². The van der Waals surface area contributed by atoms with Gasteiger partial charge in [-0.2, -0.15) is 0 Å². The number of ether oxygens (including phenoxy) is 4. The van der Waals surface area contributed by atoms with E-state index in [-0.39, 0.29) is 38.6 Å². The number of carbonyl (C=O) groups excluding carboxylic acids is 4. The van der Waals surface area contributed by atoms with Gasteiger partial charge >= 0.3 is 18.2 Å². The first-order chi connectivity index (χ1) is 22.3. The van der Waals surface area contributed by atoms with Crippen LogP contribution in [0.5, 0.6) is 11.5 Å². The molecule has 0 radical (unpaired) electrons. The van der Waals surface area contributed by atoms with E-state index in [4.69, 9.17) is 18.9 Å². The van der Waals surface area contributed by atoms with Crippen molar-refractivity contribution in [3.63, 3.8) is 0 Å². The molecule has 13 nitrogen and oxygen atoms in total. The van der Waals surface area contributed by atoms with Crippen LogP contribution in [0.25, 0.3) is 0 Å². The smallest absolute Gasteiger partial charge is 0.410 e. The standard InChI is InChI=1S/C34H43N3O10/c1-33(2,3)47-31(42)35-24-10-8-6-4-5-7-9-21-14-34(21,30(40)41)15-26(38)25-13-22(17-37(25)29(24)39)46-32(43)36-16-20-11-12-27-28(23(20)18-36)45-19-44-27/h7,9,11-12,21-22,24-25H,4-6,8,10,13-19H2,1-3H3,(H,35,42)(H,40,41)/b9-7-/t21-,22-,24+,25+,34-/m1/s1. The topological polar surface area (TPSA) is 161 Å². The molecule has 0 unspecified atom stereocenters. The summed E-state index contributed by atoms with van der Waals surface area (Å²) < 4.78 is 22.4. The number of aliphatic carboxylic acids is 1. The van der Waals surface area contributed by atoms with Gasteiger partial charge in [-0.1, -0.05) is 31.1 Å². The summed E-state index contributed by atoms with van der Waals surface area (Å²) in [5, 5.41) is 12.8. The number of hydrogen-bond acceptors (Lipinski definition) is 9. The third-order valence-corrected chi connectivity index (χ3v) is 9.66. The molecule has 2 N–H and O–H groups in total. The Bertz CT molecular complexity index is 1480. The number of hydrogen-bond donors (Lipinski definition) is 2. The molecule has 1 aromatic carbocycles. The molecule has 254 valence electrons. The number of carbonyl (C=O) groups is 5. The summed E-state index contributed by atoms with van der Waals surface area (Å²) in [5.41, 5.74) is -0.243. The van der Waals surface area contributed by atoms with Crippen LogP contribution in [0.15, 0.2) is 24.3 Å². The van der Waals surface area contributed by atoms with Gasteiger partial charge in [-0.05, 0) is 64.0 Å². The highest BCUT2D eigenvalue weighted by atomic mass is 16.7. The summed E-state index contributed by atoms with van der Waals surface area (Å²) in [6.07, 6.45) is 5.19. The van der Waals surface area contributed by atoms with Crippen LogP contribution in [-0.4, -0.2) is 81.9 Å². The van der Waals surface area contributed by atoms with Gasteiger partial charge in [-0.3, -0.25) is 19.3 Å². The Balaban J connectivity index is 1.21. The Morgan fingerprint density at radius 2 is 1.89 bits per heavy atom. The molecule has 4 aliphatic heterocycles. The lowest BCUT2D eigenvalue weighted by Crippen LogP contribution is -2.52. The lowest BCUT2D eigenvalue weighted by Gasteiger charge is -2.30. The van der Waals surface area contributed by atoms with Crippen molar-refractivity contribution in [1.82, 2.24) is 15.1 Å². The average molecular weight is 654 g/mol. The van der Waals surface area contributed by atoms with E-state index in [1.54, 1.807) is 26.8 Å². The maximum Gasteiger partial charge on any atom is 0.410 e. The molecule has 6 rings (SSSR count). The quantitative estimate of drug-likeness (QED) is 0.450. The molecule has 5 atom stereocenters. The van der Waals surface area contributed by atoms with Crippen LogP contribution in [0.4, 0.5) is 9.59 Å². The SMILES string of the molecule is CC(C)(C)OC(=O)N[C@H]1CCCCC/C=C\[C@@H]2C[C@@]2(C(=O)O)CC(=O)[C@@H]2C[C@@H](OC(=O)N3Cc4ccc5c(c4C3)OCO5)CN2C1=O. The van der Waals surface area contributed by atoms with Gasteiger partial charge in [0.15, 0.2) is 17.3 Å². The zero-order valence-corrected chi connectivity index (χ0v) is 27.1. The first-order valence-corrected chi connectivity index (χ1v) is 16.4. The third-order valence-electron chi connectivity index (χ3n) is 9.66. The van der Waals surface area contributed by atoms with Gasteiger partial charge in [0.05, 0.1) is 24.5 Å². The largest absolute Gasteiger partial charge is 0.481 e. The first-order valence-electron chi connectivity index (χ1n) is 16.4. The van der Waals surface area contributed by atoms with E-state index in [2.05, 4.69) is 5.32 Å². The van der Waals surface area contributed by atoms with Gasteiger partial charge < -0.3 is 34.3 Å². The average Bonchev–Trinajstić information content (AvgIpc) is 3.40. The highest BCUT2D eigenvalue weighted by molar-refractivity contribution is 5.96. The molecular formula is C34H43N3O10. The van der Waals surface area contributed by atoms with Crippen molar-refractivity contribution in [2.75, 3.05) is 13.3 Å². The van der Waals surface area contributed by atoms with E-state index in [9.17, 15) is 29.1 Å². The van der Waals surface area contributed by atoms with Gasteiger partial charge in [-0.15, -0.1) is 0 Å². The van der Waals surface area contributed by atoms with Gasteiger partial charge in [0, 0.05) is 24.9 Å². The Labute approximate surface area is 273 Å². The zero-order chi connectivity index (χ0) is 33.5. The summed E-state index contributed by atoms with van der Waals surface area (Å²) >= 11 is 0. The van der Waals surface area contributed by atoms with Crippen LogP contribution in [0.2, 0.25) is 0 Å². The number of Topliss-reactive ketones (excluding diaryl/α,β-unsaturated/α-hetero) is 1. The van der Waals surface area contributed by atoms with Crippen LogP contribution in [0.3, 0.4) is 0 Å². The second kappa shape index (κ2) is 12.7. The maximum absolute atomic E-state index is 14.2. The molecule has 1 saturated carbocycles. The molecule has 0 spiro atoms. The number of rotatable bonds is 3. The molecule has 0 aromatic heterocycles. The fraction of sp³-hybridized carbons (Fsp3) is 0.618. The summed E-state index contributed by atoms with van der Waals surface area (Å²) in [6.45, 7) is 5.79. The maximum atomic E-state index is 14.2. The van der Waals surface area contributed by atoms with Crippen LogP contribution in [-0.2, 0) is 36.9 Å². The van der Waals surface area contributed by atoms with Crippen molar-refractivity contribution in [3.8, 4) is 11.5 Å². The monoisotopic (exact) mass is 653 g/mol. The predicted molar refractivity (Wildman–Crippen MR) is 165 cm³/mol. The lowest BCUT2D eigenvalue weighted by atomic mass is 9.92. The number of nitrogens with zero attached hydrogens (tertiary/aromatic N) is 2. The number of ketones is 1. The van der Waals surface area contributed by atoms with Crippen LogP contribution < -0.4 is 14.8 Å². The van der Waals surface area contributed by atoms with Gasteiger partial charge in [0.1, 0.15) is 17.7 Å². The zero-order valence-electron chi connectivity index (χ0n) is 27.1. The first kappa shape index (κ1) is 32.6. The normalized spacial score (nSPS) is 29.5. The summed E-state index contributed by atoms with van der Waals surface area (Å²) in [4.78, 5) is 69.6. The highest BCUT2D eigenvalue weighted by Gasteiger charge is 2.61. The van der Waals surface area contributed by atoms with E-state index in [1.807, 2.05) is 18.2 Å². The minimum absolute atomic E-state index is 0.0266. The molecule has 1 saturated heterocycles. The number of nitrogens with one attached hydrogen (secondary N) is 1. The summed E-state index contributed by atoms with van der Waals surface area (Å²) in [7, 11) is 0. The van der Waals surface area contributed by atoms with Crippen LogP contribution >= 0.6 is 0 Å². The minimum Gasteiger partial charge on any atom is -0.481 e. The van der Waals surface area contributed by atoms with E-state index in [0.29, 0.717) is 37.3 Å². The number of benzene rings is 1.